The predicted molar refractivity (Wildman–Crippen MR) is 129 cm³/mol. The molecular weight excluding hydrogens is 479 g/mol. The highest BCUT2D eigenvalue weighted by Gasteiger charge is 2.30. The van der Waals surface area contributed by atoms with Gasteiger partial charge in [-0.1, -0.05) is 17.7 Å². The molecule has 1 aliphatic rings. The van der Waals surface area contributed by atoms with Crippen molar-refractivity contribution < 1.29 is 17.9 Å². The summed E-state index contributed by atoms with van der Waals surface area (Å²) in [5, 5.41) is 4.42. The van der Waals surface area contributed by atoms with Gasteiger partial charge >= 0.3 is 6.18 Å². The fraction of sp³-hybridized carbons (Fsp3) is 0.240. The third kappa shape index (κ3) is 5.37. The van der Waals surface area contributed by atoms with Crippen molar-refractivity contribution in [2.75, 3.05) is 31.6 Å². The van der Waals surface area contributed by atoms with E-state index in [0.29, 0.717) is 53.3 Å². The molecule has 2 aromatic heterocycles. The molecule has 0 bridgehead atoms. The Morgan fingerprint density at radius 1 is 1.00 bits per heavy atom. The lowest BCUT2D eigenvalue weighted by Gasteiger charge is -2.26. The van der Waals surface area contributed by atoms with Crippen molar-refractivity contribution in [1.82, 2.24) is 19.9 Å². The number of nitrogens with zero attached hydrogens (tertiary/aromatic N) is 4. The van der Waals surface area contributed by atoms with Crippen molar-refractivity contribution in [2.45, 2.75) is 12.7 Å². The summed E-state index contributed by atoms with van der Waals surface area (Å²) in [5.41, 5.74) is 1.91. The lowest BCUT2D eigenvalue weighted by Crippen LogP contribution is -2.36. The predicted octanol–water partition coefficient (Wildman–Crippen LogP) is 5.94. The average Bonchev–Trinajstić information content (AvgIpc) is 2.84. The number of anilines is 2. The Balaban J connectivity index is 1.54. The highest BCUT2D eigenvalue weighted by atomic mass is 35.5. The number of alkyl halides is 3. The average molecular weight is 500 g/mol. The first kappa shape index (κ1) is 23.5. The number of hydrogen-bond donors (Lipinski definition) is 1. The van der Waals surface area contributed by atoms with Crippen molar-refractivity contribution in [1.29, 1.82) is 0 Å². The first-order valence-corrected chi connectivity index (χ1v) is 11.4. The minimum atomic E-state index is -4.39. The fourth-order valence-electron chi connectivity index (χ4n) is 3.93. The van der Waals surface area contributed by atoms with E-state index in [0.717, 1.165) is 36.2 Å². The monoisotopic (exact) mass is 499 g/mol. The van der Waals surface area contributed by atoms with Crippen LogP contribution in [-0.2, 0) is 17.5 Å². The molecular formula is C25H21ClF3N5O. The zero-order valence-electron chi connectivity index (χ0n) is 18.5. The van der Waals surface area contributed by atoms with Gasteiger partial charge in [-0.2, -0.15) is 13.2 Å². The number of halogens is 4. The summed E-state index contributed by atoms with van der Waals surface area (Å²) in [6.07, 6.45) is -2.72. The lowest BCUT2D eigenvalue weighted by molar-refractivity contribution is -0.137. The van der Waals surface area contributed by atoms with Gasteiger partial charge in [0, 0.05) is 35.9 Å². The topological polar surface area (TPSA) is 63.2 Å². The molecule has 5 rings (SSSR count). The summed E-state index contributed by atoms with van der Waals surface area (Å²) in [5.74, 6) is 1.11. The zero-order chi connectivity index (χ0) is 24.4. The smallest absolute Gasteiger partial charge is 0.379 e. The second kappa shape index (κ2) is 9.77. The molecule has 0 amide bonds. The van der Waals surface area contributed by atoms with Crippen molar-refractivity contribution >= 4 is 34.0 Å². The molecule has 3 heterocycles. The number of aromatic nitrogens is 3. The molecule has 180 valence electrons. The SMILES string of the molecule is FC(F)(F)c1ccc(Nc2nc(CN3CCOCC3)nc3cc(-c4ncccc4Cl)ccc23)cc1. The maximum absolute atomic E-state index is 13.0. The minimum absolute atomic E-state index is 0.493. The first-order chi connectivity index (χ1) is 16.9. The van der Waals surface area contributed by atoms with E-state index in [1.165, 1.54) is 12.1 Å². The van der Waals surface area contributed by atoms with Crippen LogP contribution in [0, 0.1) is 0 Å². The summed E-state index contributed by atoms with van der Waals surface area (Å²) in [6, 6.07) is 14.0. The van der Waals surface area contributed by atoms with Crippen LogP contribution < -0.4 is 5.32 Å². The van der Waals surface area contributed by atoms with Gasteiger partial charge in [0.2, 0.25) is 0 Å². The Morgan fingerprint density at radius 2 is 1.77 bits per heavy atom. The minimum Gasteiger partial charge on any atom is -0.379 e. The molecule has 0 aliphatic carbocycles. The van der Waals surface area contributed by atoms with Crippen LogP contribution in [0.1, 0.15) is 11.4 Å². The molecule has 4 aromatic rings. The van der Waals surface area contributed by atoms with Crippen molar-refractivity contribution in [3.8, 4) is 11.3 Å². The van der Waals surface area contributed by atoms with E-state index in [1.54, 1.807) is 18.3 Å². The molecule has 35 heavy (non-hydrogen) atoms. The highest BCUT2D eigenvalue weighted by molar-refractivity contribution is 6.33. The maximum Gasteiger partial charge on any atom is 0.416 e. The molecule has 6 nitrogen and oxygen atoms in total. The van der Waals surface area contributed by atoms with E-state index >= 15 is 0 Å². The largest absolute Gasteiger partial charge is 0.416 e. The zero-order valence-corrected chi connectivity index (χ0v) is 19.3. The number of morpholine rings is 1. The molecule has 0 atom stereocenters. The van der Waals surface area contributed by atoms with E-state index in [-0.39, 0.29) is 0 Å². The Hall–Kier alpha value is -3.27. The van der Waals surface area contributed by atoms with Gasteiger partial charge in [0.05, 0.1) is 41.6 Å². The van der Waals surface area contributed by atoms with E-state index in [4.69, 9.17) is 26.3 Å². The molecule has 1 N–H and O–H groups in total. The second-order valence-corrected chi connectivity index (χ2v) is 8.55. The van der Waals surface area contributed by atoms with Crippen LogP contribution in [0.2, 0.25) is 5.02 Å². The van der Waals surface area contributed by atoms with Gasteiger partial charge in [-0.3, -0.25) is 9.88 Å². The van der Waals surface area contributed by atoms with E-state index in [1.807, 2.05) is 18.2 Å². The number of ether oxygens (including phenoxy) is 1. The van der Waals surface area contributed by atoms with E-state index < -0.39 is 11.7 Å². The summed E-state index contributed by atoms with van der Waals surface area (Å²) in [7, 11) is 0. The van der Waals surface area contributed by atoms with Crippen LogP contribution in [0.4, 0.5) is 24.7 Å². The standard InChI is InChI=1S/C25H21ClF3N5O/c26-20-2-1-9-30-23(20)16-3-8-19-21(14-16)32-22(15-34-10-12-35-13-11-34)33-24(19)31-18-6-4-17(5-7-18)25(27,28)29/h1-9,14H,10-13,15H2,(H,31,32,33). The molecule has 0 saturated carbocycles. The third-order valence-corrected chi connectivity index (χ3v) is 6.02. The van der Waals surface area contributed by atoms with Crippen molar-refractivity contribution in [3.05, 3.63) is 77.2 Å². The van der Waals surface area contributed by atoms with Crippen molar-refractivity contribution in [3.63, 3.8) is 0 Å². The van der Waals surface area contributed by atoms with E-state index in [2.05, 4.69) is 15.2 Å². The Labute approximate surface area is 204 Å². The van der Waals surface area contributed by atoms with E-state index in [9.17, 15) is 13.2 Å². The molecule has 0 unspecified atom stereocenters. The summed E-state index contributed by atoms with van der Waals surface area (Å²) in [6.45, 7) is 3.36. The van der Waals surface area contributed by atoms with Crippen LogP contribution >= 0.6 is 11.6 Å². The Morgan fingerprint density at radius 3 is 2.49 bits per heavy atom. The van der Waals surface area contributed by atoms with Gasteiger partial charge in [-0.05, 0) is 48.5 Å². The number of pyridine rings is 1. The molecule has 0 radical (unpaired) electrons. The summed E-state index contributed by atoms with van der Waals surface area (Å²) < 4.78 is 44.3. The normalized spacial score (nSPS) is 14.9. The quantitative estimate of drug-likeness (QED) is 0.366. The maximum atomic E-state index is 13.0. The Bertz CT molecular complexity index is 1340. The number of nitrogens with one attached hydrogen (secondary N) is 1. The van der Waals surface area contributed by atoms with Crippen LogP contribution in [0.15, 0.2) is 60.8 Å². The number of rotatable bonds is 5. The van der Waals surface area contributed by atoms with Gasteiger partial charge in [0.25, 0.3) is 0 Å². The molecule has 1 aliphatic heterocycles. The van der Waals surface area contributed by atoms with Gasteiger partial charge in [0.15, 0.2) is 0 Å². The first-order valence-electron chi connectivity index (χ1n) is 11.0. The summed E-state index contributed by atoms with van der Waals surface area (Å²) >= 11 is 6.35. The van der Waals surface area contributed by atoms with Crippen LogP contribution in [0.3, 0.4) is 0 Å². The van der Waals surface area contributed by atoms with Crippen LogP contribution in [0.5, 0.6) is 0 Å². The summed E-state index contributed by atoms with van der Waals surface area (Å²) in [4.78, 5) is 16.1. The Kier molecular flexibility index (Phi) is 6.55. The van der Waals surface area contributed by atoms with Gasteiger partial charge in [0.1, 0.15) is 11.6 Å². The molecule has 0 spiro atoms. The third-order valence-electron chi connectivity index (χ3n) is 5.72. The molecule has 2 aromatic carbocycles. The van der Waals surface area contributed by atoms with Crippen molar-refractivity contribution in [2.24, 2.45) is 0 Å². The number of benzene rings is 2. The van der Waals surface area contributed by atoms with Crippen LogP contribution in [0.25, 0.3) is 22.2 Å². The molecule has 1 fully saturated rings. The number of hydrogen-bond acceptors (Lipinski definition) is 6. The molecule has 1 saturated heterocycles. The highest BCUT2D eigenvalue weighted by Crippen LogP contribution is 2.33. The number of fused-ring (bicyclic) bond motifs is 1. The lowest BCUT2D eigenvalue weighted by atomic mass is 10.1. The van der Waals surface area contributed by atoms with Gasteiger partial charge in [-0.25, -0.2) is 9.97 Å². The molecule has 10 heteroatoms. The fourth-order valence-corrected chi connectivity index (χ4v) is 4.16. The second-order valence-electron chi connectivity index (χ2n) is 8.14. The van der Waals surface area contributed by atoms with Gasteiger partial charge < -0.3 is 10.1 Å². The van der Waals surface area contributed by atoms with Gasteiger partial charge in [-0.15, -0.1) is 0 Å². The van der Waals surface area contributed by atoms with Crippen LogP contribution in [-0.4, -0.2) is 46.2 Å².